The molecule has 0 aromatic carbocycles. The van der Waals surface area contributed by atoms with E-state index >= 15 is 0 Å². The Hall–Kier alpha value is -2.63. The quantitative estimate of drug-likeness (QED) is 0.942. The number of pyridine rings is 1. The van der Waals surface area contributed by atoms with Gasteiger partial charge in [0.25, 0.3) is 5.91 Å². The minimum absolute atomic E-state index is 0.0799. The monoisotopic (exact) mass is 300 g/mol. The van der Waals surface area contributed by atoms with Gasteiger partial charge < -0.3 is 14.4 Å². The molecule has 6 nitrogen and oxygen atoms in total. The van der Waals surface area contributed by atoms with Crippen LogP contribution < -0.4 is 0 Å². The van der Waals surface area contributed by atoms with Crippen LogP contribution in [0.1, 0.15) is 51.2 Å². The number of likely N-dealkylation sites (tertiary alicyclic amines) is 1. The Morgan fingerprint density at radius 2 is 2.18 bits per heavy atom. The molecular weight excluding hydrogens is 284 g/mol. The second-order valence-electron chi connectivity index (χ2n) is 5.31. The van der Waals surface area contributed by atoms with Crippen LogP contribution in [0, 0.1) is 6.92 Å². The van der Waals surface area contributed by atoms with Crippen LogP contribution in [-0.4, -0.2) is 33.4 Å². The average molecular weight is 300 g/mol. The fraction of sp³-hybridized carbons (Fsp3) is 0.312. The highest BCUT2D eigenvalue weighted by atomic mass is 16.4. The van der Waals surface area contributed by atoms with Crippen molar-refractivity contribution in [2.24, 2.45) is 0 Å². The highest BCUT2D eigenvalue weighted by Gasteiger charge is 2.33. The molecule has 22 heavy (non-hydrogen) atoms. The Morgan fingerprint density at radius 1 is 1.36 bits per heavy atom. The standard InChI is InChI=1S/C16H16N2O4/c1-10-11(16(20)21)6-7-12(17-10)15(19)18-8-2-4-13(18)14-5-3-9-22-14/h3,5-7,9,13H,2,4,8H2,1H3,(H,20,21). The number of carbonyl (C=O) groups is 2. The largest absolute Gasteiger partial charge is 0.478 e. The molecular formula is C16H16N2O4. The molecule has 1 unspecified atom stereocenters. The Bertz CT molecular complexity index is 709. The van der Waals surface area contributed by atoms with E-state index in [2.05, 4.69) is 4.98 Å². The molecule has 1 fully saturated rings. The van der Waals surface area contributed by atoms with Crippen molar-refractivity contribution in [1.29, 1.82) is 0 Å². The van der Waals surface area contributed by atoms with Gasteiger partial charge in [-0.3, -0.25) is 4.79 Å². The number of aromatic carboxylic acids is 1. The van der Waals surface area contributed by atoms with E-state index in [0.717, 1.165) is 18.6 Å². The molecule has 0 bridgehead atoms. The first-order chi connectivity index (χ1) is 10.6. The van der Waals surface area contributed by atoms with Gasteiger partial charge >= 0.3 is 5.97 Å². The number of furan rings is 1. The molecule has 3 heterocycles. The molecule has 0 saturated carbocycles. The van der Waals surface area contributed by atoms with E-state index in [1.807, 2.05) is 6.07 Å². The minimum atomic E-state index is -1.04. The lowest BCUT2D eigenvalue weighted by Gasteiger charge is -2.23. The van der Waals surface area contributed by atoms with Crippen LogP contribution in [0.4, 0.5) is 0 Å². The van der Waals surface area contributed by atoms with Gasteiger partial charge in [0.05, 0.1) is 23.6 Å². The Kier molecular flexibility index (Phi) is 3.66. The van der Waals surface area contributed by atoms with Crippen molar-refractivity contribution in [3.05, 3.63) is 53.2 Å². The van der Waals surface area contributed by atoms with Gasteiger partial charge in [0, 0.05) is 6.54 Å². The number of nitrogens with zero attached hydrogens (tertiary/aromatic N) is 2. The van der Waals surface area contributed by atoms with E-state index in [0.29, 0.717) is 12.2 Å². The van der Waals surface area contributed by atoms with Crippen LogP contribution in [0.5, 0.6) is 0 Å². The molecule has 0 spiro atoms. The molecule has 0 radical (unpaired) electrons. The summed E-state index contributed by atoms with van der Waals surface area (Å²) in [5.41, 5.74) is 0.716. The first-order valence-electron chi connectivity index (χ1n) is 7.13. The van der Waals surface area contributed by atoms with E-state index in [1.54, 1.807) is 24.2 Å². The van der Waals surface area contributed by atoms with E-state index in [-0.39, 0.29) is 23.2 Å². The lowest BCUT2D eigenvalue weighted by atomic mass is 10.1. The predicted octanol–water partition coefficient (Wildman–Crippen LogP) is 2.66. The smallest absolute Gasteiger partial charge is 0.337 e. The van der Waals surface area contributed by atoms with Gasteiger partial charge in [-0.15, -0.1) is 0 Å². The molecule has 1 atom stereocenters. The average Bonchev–Trinajstić information content (AvgIpc) is 3.16. The van der Waals surface area contributed by atoms with Crippen LogP contribution in [0.3, 0.4) is 0 Å². The molecule has 1 N–H and O–H groups in total. The van der Waals surface area contributed by atoms with E-state index in [9.17, 15) is 9.59 Å². The third kappa shape index (κ3) is 2.47. The Morgan fingerprint density at radius 3 is 2.82 bits per heavy atom. The lowest BCUT2D eigenvalue weighted by molar-refractivity contribution is 0.0686. The summed E-state index contributed by atoms with van der Waals surface area (Å²) in [7, 11) is 0. The number of rotatable bonds is 3. The van der Waals surface area contributed by atoms with Gasteiger partial charge in [-0.05, 0) is 44.0 Å². The summed E-state index contributed by atoms with van der Waals surface area (Å²) in [6.07, 6.45) is 3.36. The zero-order valence-electron chi connectivity index (χ0n) is 12.2. The molecule has 1 aliphatic rings. The maximum atomic E-state index is 12.7. The van der Waals surface area contributed by atoms with Gasteiger partial charge in [0.1, 0.15) is 11.5 Å². The van der Waals surface area contributed by atoms with Crippen molar-refractivity contribution in [3.63, 3.8) is 0 Å². The van der Waals surface area contributed by atoms with Gasteiger partial charge in [0.2, 0.25) is 0 Å². The predicted molar refractivity (Wildman–Crippen MR) is 77.7 cm³/mol. The van der Waals surface area contributed by atoms with Gasteiger partial charge in [-0.2, -0.15) is 0 Å². The number of aromatic nitrogens is 1. The molecule has 0 aliphatic carbocycles. The second kappa shape index (κ2) is 5.63. The number of carboxylic acid groups (broad SMARTS) is 1. The zero-order valence-corrected chi connectivity index (χ0v) is 12.2. The molecule has 1 aliphatic heterocycles. The highest BCUT2D eigenvalue weighted by Crippen LogP contribution is 2.33. The summed E-state index contributed by atoms with van der Waals surface area (Å²) >= 11 is 0. The molecule has 2 aromatic heterocycles. The number of carboxylic acids is 1. The van der Waals surface area contributed by atoms with Gasteiger partial charge in [-0.1, -0.05) is 0 Å². The molecule has 3 rings (SSSR count). The summed E-state index contributed by atoms with van der Waals surface area (Å²) in [6.45, 7) is 2.24. The van der Waals surface area contributed by atoms with Crippen molar-refractivity contribution in [2.45, 2.75) is 25.8 Å². The highest BCUT2D eigenvalue weighted by molar-refractivity contribution is 5.94. The topological polar surface area (TPSA) is 83.6 Å². The third-order valence-electron chi connectivity index (χ3n) is 3.92. The number of aryl methyl sites for hydroxylation is 1. The van der Waals surface area contributed by atoms with Crippen LogP contribution in [-0.2, 0) is 0 Å². The fourth-order valence-corrected chi connectivity index (χ4v) is 2.84. The number of hydrogen-bond acceptors (Lipinski definition) is 4. The van der Waals surface area contributed by atoms with Crippen molar-refractivity contribution < 1.29 is 19.1 Å². The van der Waals surface area contributed by atoms with Gasteiger partial charge in [-0.25, -0.2) is 9.78 Å². The van der Waals surface area contributed by atoms with Crippen molar-refractivity contribution in [3.8, 4) is 0 Å². The molecule has 1 amide bonds. The summed E-state index contributed by atoms with van der Waals surface area (Å²) < 4.78 is 5.42. The van der Waals surface area contributed by atoms with E-state index in [1.165, 1.54) is 12.1 Å². The maximum absolute atomic E-state index is 12.7. The summed E-state index contributed by atoms with van der Waals surface area (Å²) in [5, 5.41) is 9.03. The zero-order chi connectivity index (χ0) is 15.7. The molecule has 2 aromatic rings. The first-order valence-corrected chi connectivity index (χ1v) is 7.13. The molecule has 1 saturated heterocycles. The Balaban J connectivity index is 1.87. The van der Waals surface area contributed by atoms with Crippen molar-refractivity contribution >= 4 is 11.9 Å². The number of hydrogen-bond donors (Lipinski definition) is 1. The van der Waals surface area contributed by atoms with Crippen LogP contribution in [0.25, 0.3) is 0 Å². The van der Waals surface area contributed by atoms with E-state index < -0.39 is 5.97 Å². The second-order valence-corrected chi connectivity index (χ2v) is 5.31. The van der Waals surface area contributed by atoms with Crippen LogP contribution in [0.2, 0.25) is 0 Å². The van der Waals surface area contributed by atoms with Crippen LogP contribution >= 0.6 is 0 Å². The minimum Gasteiger partial charge on any atom is -0.478 e. The van der Waals surface area contributed by atoms with E-state index in [4.69, 9.17) is 9.52 Å². The Labute approximate surface area is 127 Å². The summed E-state index contributed by atoms with van der Waals surface area (Å²) in [6, 6.07) is 6.48. The first kappa shape index (κ1) is 14.3. The fourth-order valence-electron chi connectivity index (χ4n) is 2.84. The lowest BCUT2D eigenvalue weighted by Crippen LogP contribution is -2.31. The summed E-state index contributed by atoms with van der Waals surface area (Å²) in [5.74, 6) is -0.470. The normalized spacial score (nSPS) is 17.7. The number of carbonyl (C=O) groups excluding carboxylic acids is 1. The number of amides is 1. The van der Waals surface area contributed by atoms with Gasteiger partial charge in [0.15, 0.2) is 0 Å². The van der Waals surface area contributed by atoms with Crippen molar-refractivity contribution in [1.82, 2.24) is 9.88 Å². The summed E-state index contributed by atoms with van der Waals surface area (Å²) in [4.78, 5) is 29.6. The molecule has 6 heteroatoms. The van der Waals surface area contributed by atoms with Crippen LogP contribution in [0.15, 0.2) is 34.9 Å². The maximum Gasteiger partial charge on any atom is 0.337 e. The SMILES string of the molecule is Cc1nc(C(=O)N2CCCC2c2ccco2)ccc1C(=O)O. The van der Waals surface area contributed by atoms with Crippen molar-refractivity contribution in [2.75, 3.05) is 6.54 Å². The molecule has 114 valence electrons. The third-order valence-corrected chi connectivity index (χ3v) is 3.92.